The molecule has 0 aliphatic rings. The van der Waals surface area contributed by atoms with Gasteiger partial charge in [0.05, 0.1) is 33.0 Å². The Balaban J connectivity index is 0.000000563. The minimum Gasteiger partial charge on any atom is -0.546 e. The average Bonchev–Trinajstić information content (AvgIpc) is 2.83. The van der Waals surface area contributed by atoms with Gasteiger partial charge in [-0.25, -0.2) is 0 Å². The van der Waals surface area contributed by atoms with Gasteiger partial charge in [-0.05, 0) is 54.6 Å². The van der Waals surface area contributed by atoms with E-state index in [1.54, 1.807) is 18.2 Å². The minimum atomic E-state index is -1.30. The van der Waals surface area contributed by atoms with Gasteiger partial charge in [-0.1, -0.05) is 69.6 Å². The van der Waals surface area contributed by atoms with Crippen LogP contribution in [0.4, 0.5) is 0 Å². The van der Waals surface area contributed by atoms with Crippen LogP contribution in [0.15, 0.2) is 54.6 Å². The number of carboxylic acid groups (broad SMARTS) is 3. The van der Waals surface area contributed by atoms with Crippen molar-refractivity contribution < 1.29 is 84.8 Å². The minimum absolute atomic E-state index is 0. The molecule has 211 valence electrons. The van der Waals surface area contributed by atoms with E-state index in [1.165, 1.54) is 36.4 Å². The molecule has 0 aliphatic carbocycles. The molecule has 0 amide bonds. The Kier molecular flexibility index (Phi) is 19.7. The van der Waals surface area contributed by atoms with Crippen LogP contribution in [0.3, 0.4) is 0 Å². The van der Waals surface area contributed by atoms with Gasteiger partial charge in [-0.3, -0.25) is 0 Å². The molecule has 0 saturated heterocycles. The third-order valence-electron chi connectivity index (χ3n) is 3.72. The van der Waals surface area contributed by atoms with Crippen LogP contribution in [0, 0.1) is 40.8 Å². The Labute approximate surface area is 291 Å². The van der Waals surface area contributed by atoms with Crippen molar-refractivity contribution in [2.45, 2.75) is 0 Å². The summed E-state index contributed by atoms with van der Waals surface area (Å²) in [6, 6.07) is 13.5. The molecule has 1 radical (unpaired) electrons. The van der Waals surface area contributed by atoms with Gasteiger partial charge in [-0.2, -0.15) is 0 Å². The number of carboxylic acids is 3. The Bertz CT molecular complexity index is 1140. The molecule has 40 heavy (non-hydrogen) atoms. The third-order valence-corrected chi connectivity index (χ3v) is 5.31. The quantitative estimate of drug-likeness (QED) is 0.318. The van der Waals surface area contributed by atoms with Crippen LogP contribution >= 0.6 is 69.6 Å². The van der Waals surface area contributed by atoms with Gasteiger partial charge in [0.25, 0.3) is 0 Å². The Hall–Kier alpha value is -1.44. The SMILES string of the molecule is O=C([O-])COc1ccc(Cl)cc1Cl.O=C([O-])COc1ccc(Cl)cc1Cl.O=C([O-])COc1ccc(Cl)cc1Cl.[Nd+3]. The molecule has 0 aromatic heterocycles. The van der Waals surface area contributed by atoms with Gasteiger partial charge < -0.3 is 43.9 Å². The molecule has 0 aliphatic heterocycles. The Morgan fingerprint density at radius 1 is 0.500 bits per heavy atom. The van der Waals surface area contributed by atoms with Gasteiger partial charge in [0.2, 0.25) is 0 Å². The Morgan fingerprint density at radius 3 is 0.900 bits per heavy atom. The second-order valence-corrected chi connectivity index (χ2v) is 9.24. The maximum atomic E-state index is 10.0. The van der Waals surface area contributed by atoms with Crippen LogP contribution < -0.4 is 29.5 Å². The summed E-state index contributed by atoms with van der Waals surface area (Å²) in [6.07, 6.45) is 0. The number of hydrogen-bond donors (Lipinski definition) is 0. The standard InChI is InChI=1S/3C8H6Cl2O3.Nd/c3*9-5-1-2-7(6(10)3-5)13-4-8(11)12;/h3*1-3H,4H2,(H,11,12);/q;;;+3/p-3. The zero-order chi connectivity index (χ0) is 29.5. The van der Waals surface area contributed by atoms with Crippen LogP contribution in [0.1, 0.15) is 0 Å². The maximum absolute atomic E-state index is 10.0. The normalized spacial score (nSPS) is 9.45. The molecule has 0 saturated carbocycles. The summed E-state index contributed by atoms with van der Waals surface area (Å²) in [5.41, 5.74) is 0. The monoisotopic (exact) mass is 799 g/mol. The van der Waals surface area contributed by atoms with Crippen molar-refractivity contribution in [1.29, 1.82) is 0 Å². The summed E-state index contributed by atoms with van der Waals surface area (Å²) in [4.78, 5) is 30.1. The molecule has 3 rings (SSSR count). The number of hydrogen-bond acceptors (Lipinski definition) is 9. The van der Waals surface area contributed by atoms with Gasteiger partial charge in [-0.15, -0.1) is 0 Å². The number of carbonyl (C=O) groups excluding carboxylic acids is 3. The fraction of sp³-hybridized carbons (Fsp3) is 0.125. The summed E-state index contributed by atoms with van der Waals surface area (Å²) in [5, 5.41) is 32.3. The van der Waals surface area contributed by atoms with Crippen LogP contribution in [-0.2, 0) is 14.4 Å². The molecule has 0 atom stereocenters. The third kappa shape index (κ3) is 16.7. The number of ether oxygens (including phenoxy) is 3. The fourth-order valence-corrected chi connectivity index (χ4v) is 3.58. The van der Waals surface area contributed by atoms with E-state index in [-0.39, 0.29) is 73.2 Å². The molecule has 0 spiro atoms. The summed E-state index contributed by atoms with van der Waals surface area (Å²) in [6.45, 7) is -1.58. The van der Waals surface area contributed by atoms with Crippen LogP contribution in [0.2, 0.25) is 30.1 Å². The molecule has 0 heterocycles. The zero-order valence-corrected chi connectivity index (χ0v) is 27.5. The van der Waals surface area contributed by atoms with E-state index >= 15 is 0 Å². The molecular formula is C24H15Cl6NdO9. The van der Waals surface area contributed by atoms with Crippen LogP contribution in [0.5, 0.6) is 17.2 Å². The number of aliphatic carboxylic acids is 3. The first-order valence-electron chi connectivity index (χ1n) is 10.1. The number of benzene rings is 3. The van der Waals surface area contributed by atoms with E-state index < -0.39 is 37.7 Å². The smallest absolute Gasteiger partial charge is 0.546 e. The first-order valence-corrected chi connectivity index (χ1v) is 12.4. The summed E-state index contributed by atoms with van der Waals surface area (Å²) >= 11 is 33.9. The molecule has 0 bridgehead atoms. The van der Waals surface area contributed by atoms with E-state index in [2.05, 4.69) is 0 Å². The largest absolute Gasteiger partial charge is 3.00 e. The molecule has 16 heteroatoms. The zero-order valence-electron chi connectivity index (χ0n) is 19.8. The summed E-state index contributed by atoms with van der Waals surface area (Å²) in [7, 11) is 0. The molecule has 0 unspecified atom stereocenters. The van der Waals surface area contributed by atoms with Crippen molar-refractivity contribution in [3.05, 3.63) is 84.7 Å². The van der Waals surface area contributed by atoms with Crippen LogP contribution in [0.25, 0.3) is 0 Å². The van der Waals surface area contributed by atoms with Crippen molar-refractivity contribution >= 4 is 87.5 Å². The predicted octanol–water partition coefficient (Wildman–Crippen LogP) is 3.37. The first kappa shape index (κ1) is 38.6. The molecular weight excluding hydrogens is 789 g/mol. The topological polar surface area (TPSA) is 148 Å². The van der Waals surface area contributed by atoms with Crippen molar-refractivity contribution in [1.82, 2.24) is 0 Å². The van der Waals surface area contributed by atoms with Gasteiger partial charge in [0.1, 0.15) is 37.1 Å². The molecule has 0 fully saturated rings. The van der Waals surface area contributed by atoms with Crippen molar-refractivity contribution in [3.8, 4) is 17.2 Å². The van der Waals surface area contributed by atoms with Gasteiger partial charge >= 0.3 is 40.8 Å². The van der Waals surface area contributed by atoms with E-state index in [4.69, 9.17) is 83.8 Å². The molecule has 3 aromatic rings. The van der Waals surface area contributed by atoms with E-state index in [0.29, 0.717) is 15.1 Å². The van der Waals surface area contributed by atoms with Gasteiger partial charge in [0.15, 0.2) is 0 Å². The number of carbonyl (C=O) groups is 3. The van der Waals surface area contributed by atoms with Crippen molar-refractivity contribution in [2.24, 2.45) is 0 Å². The summed E-state index contributed by atoms with van der Waals surface area (Å²) < 4.78 is 14.4. The second kappa shape index (κ2) is 20.4. The van der Waals surface area contributed by atoms with E-state index in [1.807, 2.05) is 0 Å². The van der Waals surface area contributed by atoms with Crippen LogP contribution in [-0.4, -0.2) is 37.7 Å². The molecule has 0 N–H and O–H groups in total. The average molecular weight is 804 g/mol. The van der Waals surface area contributed by atoms with Crippen molar-refractivity contribution in [2.75, 3.05) is 19.8 Å². The molecule has 3 aromatic carbocycles. The number of halogens is 6. The molecule has 9 nitrogen and oxygen atoms in total. The first-order chi connectivity index (χ1) is 18.3. The van der Waals surface area contributed by atoms with Crippen molar-refractivity contribution in [3.63, 3.8) is 0 Å². The van der Waals surface area contributed by atoms with Gasteiger partial charge in [0, 0.05) is 15.1 Å². The fourth-order valence-electron chi connectivity index (χ4n) is 2.19. The number of rotatable bonds is 9. The predicted molar refractivity (Wildman–Crippen MR) is 141 cm³/mol. The van der Waals surface area contributed by atoms with E-state index in [0.717, 1.165) is 0 Å². The second-order valence-electron chi connectivity index (χ2n) is 6.71. The maximum Gasteiger partial charge on any atom is 3.00 e. The van der Waals surface area contributed by atoms with E-state index in [9.17, 15) is 29.7 Å². The Morgan fingerprint density at radius 2 is 0.725 bits per heavy atom. The summed E-state index contributed by atoms with van der Waals surface area (Å²) in [5.74, 6) is -3.08.